The van der Waals surface area contributed by atoms with Crippen molar-refractivity contribution in [3.8, 4) is 0 Å². The van der Waals surface area contributed by atoms with E-state index in [1.165, 1.54) is 14.2 Å². The van der Waals surface area contributed by atoms with Gasteiger partial charge in [0.25, 0.3) is 0 Å². The van der Waals surface area contributed by atoms with Crippen molar-refractivity contribution >= 4 is 25.8 Å². The number of methoxy groups -OCH3 is 2. The zero-order valence-corrected chi connectivity index (χ0v) is 11.4. The number of ether oxygens (including phenoxy) is 2. The number of halogens is 1. The Labute approximate surface area is 104 Å². The van der Waals surface area contributed by atoms with Gasteiger partial charge in [-0.2, -0.15) is 0 Å². The van der Waals surface area contributed by atoms with E-state index >= 15 is 0 Å². The summed E-state index contributed by atoms with van der Waals surface area (Å²) >= 11 is 3.23. The van der Waals surface area contributed by atoms with E-state index in [0.29, 0.717) is 0 Å². The fourth-order valence-electron chi connectivity index (χ4n) is 1.17. The van der Waals surface area contributed by atoms with Crippen LogP contribution in [-0.4, -0.2) is 34.7 Å². The lowest BCUT2D eigenvalue weighted by Gasteiger charge is -2.13. The van der Waals surface area contributed by atoms with Crippen LogP contribution in [0.5, 0.6) is 0 Å². The molecule has 1 aromatic rings. The zero-order chi connectivity index (χ0) is 12.2. The first-order valence-electron chi connectivity index (χ1n) is 4.53. The lowest BCUT2D eigenvalue weighted by molar-refractivity contribution is -0.0851. The SMILES string of the molecule is COC(CS(=O)(=O)c1cccc(Br)c1)OC. The van der Waals surface area contributed by atoms with Crippen LogP contribution in [0.25, 0.3) is 0 Å². The lowest BCUT2D eigenvalue weighted by Crippen LogP contribution is -2.24. The first-order chi connectivity index (χ1) is 7.49. The molecule has 0 saturated carbocycles. The van der Waals surface area contributed by atoms with E-state index in [9.17, 15) is 8.42 Å². The van der Waals surface area contributed by atoms with Gasteiger partial charge < -0.3 is 9.47 Å². The van der Waals surface area contributed by atoms with Crippen LogP contribution < -0.4 is 0 Å². The Morgan fingerprint density at radius 2 is 1.94 bits per heavy atom. The molecule has 0 fully saturated rings. The van der Waals surface area contributed by atoms with Crippen molar-refractivity contribution in [2.45, 2.75) is 11.2 Å². The van der Waals surface area contributed by atoms with Gasteiger partial charge in [0.15, 0.2) is 16.1 Å². The average Bonchev–Trinajstić information content (AvgIpc) is 2.26. The van der Waals surface area contributed by atoms with Crippen LogP contribution >= 0.6 is 15.9 Å². The Bertz CT molecular complexity index is 440. The largest absolute Gasteiger partial charge is 0.355 e. The van der Waals surface area contributed by atoms with Crippen molar-refractivity contribution in [3.05, 3.63) is 28.7 Å². The van der Waals surface area contributed by atoms with Crippen molar-refractivity contribution in [3.63, 3.8) is 0 Å². The molecule has 6 heteroatoms. The molecule has 90 valence electrons. The molecular weight excluding hydrogens is 296 g/mol. The average molecular weight is 309 g/mol. The van der Waals surface area contributed by atoms with Crippen molar-refractivity contribution in [2.75, 3.05) is 20.0 Å². The van der Waals surface area contributed by atoms with Crippen molar-refractivity contribution in [2.24, 2.45) is 0 Å². The summed E-state index contributed by atoms with van der Waals surface area (Å²) in [6, 6.07) is 6.54. The number of sulfone groups is 1. The van der Waals surface area contributed by atoms with Crippen molar-refractivity contribution in [1.82, 2.24) is 0 Å². The molecule has 16 heavy (non-hydrogen) atoms. The molecule has 1 rings (SSSR count). The summed E-state index contributed by atoms with van der Waals surface area (Å²) in [5, 5.41) is 0. The van der Waals surface area contributed by atoms with E-state index in [4.69, 9.17) is 9.47 Å². The third-order valence-electron chi connectivity index (χ3n) is 2.04. The third-order valence-corrected chi connectivity index (χ3v) is 4.21. The van der Waals surface area contributed by atoms with Gasteiger partial charge in [0.05, 0.1) is 4.90 Å². The molecule has 1 aromatic carbocycles. The van der Waals surface area contributed by atoms with Gasteiger partial charge in [-0.25, -0.2) is 8.42 Å². The summed E-state index contributed by atoms with van der Waals surface area (Å²) in [4.78, 5) is 0.251. The molecule has 0 aliphatic rings. The first-order valence-corrected chi connectivity index (χ1v) is 6.98. The number of hydrogen-bond donors (Lipinski definition) is 0. The first kappa shape index (κ1) is 13.6. The maximum Gasteiger partial charge on any atom is 0.183 e. The quantitative estimate of drug-likeness (QED) is 0.779. The number of benzene rings is 1. The monoisotopic (exact) mass is 308 g/mol. The van der Waals surface area contributed by atoms with E-state index in [-0.39, 0.29) is 10.6 Å². The predicted octanol–water partition coefficient (Wildman–Crippen LogP) is 1.84. The Morgan fingerprint density at radius 1 is 1.31 bits per heavy atom. The molecule has 0 bridgehead atoms. The normalized spacial score (nSPS) is 12.0. The second-order valence-corrected chi connectivity index (χ2v) is 6.09. The molecule has 4 nitrogen and oxygen atoms in total. The number of rotatable bonds is 5. The molecule has 0 spiro atoms. The smallest absolute Gasteiger partial charge is 0.183 e. The lowest BCUT2D eigenvalue weighted by atomic mass is 10.4. The third kappa shape index (κ3) is 3.55. The number of hydrogen-bond acceptors (Lipinski definition) is 4. The minimum atomic E-state index is -3.39. The minimum Gasteiger partial charge on any atom is -0.355 e. The molecule has 0 amide bonds. The standard InChI is InChI=1S/C10H13BrO4S/c1-14-10(15-2)7-16(12,13)9-5-3-4-8(11)6-9/h3-6,10H,7H2,1-2H3. The molecule has 0 N–H and O–H groups in total. The van der Waals surface area contributed by atoms with Gasteiger partial charge in [-0.05, 0) is 18.2 Å². The van der Waals surface area contributed by atoms with Crippen LogP contribution in [0.2, 0.25) is 0 Å². The van der Waals surface area contributed by atoms with Gasteiger partial charge in [0.1, 0.15) is 5.75 Å². The summed E-state index contributed by atoms with van der Waals surface area (Å²) in [7, 11) is -0.572. The maximum atomic E-state index is 11.9. The van der Waals surface area contributed by atoms with Crippen molar-refractivity contribution in [1.29, 1.82) is 0 Å². The van der Waals surface area contributed by atoms with Crippen LogP contribution in [0.3, 0.4) is 0 Å². The Morgan fingerprint density at radius 3 is 2.44 bits per heavy atom. The predicted molar refractivity (Wildman–Crippen MR) is 64.0 cm³/mol. The van der Waals surface area contributed by atoms with E-state index in [0.717, 1.165) is 4.47 Å². The Hall–Kier alpha value is -0.430. The fraction of sp³-hybridized carbons (Fsp3) is 0.400. The topological polar surface area (TPSA) is 52.6 Å². The van der Waals surface area contributed by atoms with Gasteiger partial charge in [-0.1, -0.05) is 22.0 Å². The molecule has 0 unspecified atom stereocenters. The second kappa shape index (κ2) is 5.77. The molecule has 0 aromatic heterocycles. The summed E-state index contributed by atoms with van der Waals surface area (Å²) in [6.07, 6.45) is -0.746. The maximum absolute atomic E-state index is 11.9. The Balaban J connectivity index is 2.94. The zero-order valence-electron chi connectivity index (χ0n) is 9.01. The van der Waals surface area contributed by atoms with Crippen LogP contribution in [0.4, 0.5) is 0 Å². The minimum absolute atomic E-state index is 0.198. The van der Waals surface area contributed by atoms with Crippen LogP contribution in [0.1, 0.15) is 0 Å². The van der Waals surface area contributed by atoms with Gasteiger partial charge >= 0.3 is 0 Å². The van der Waals surface area contributed by atoms with Gasteiger partial charge in [0.2, 0.25) is 0 Å². The van der Waals surface area contributed by atoms with Gasteiger partial charge in [0, 0.05) is 18.7 Å². The van der Waals surface area contributed by atoms with Gasteiger partial charge in [-0.3, -0.25) is 0 Å². The van der Waals surface area contributed by atoms with Crippen molar-refractivity contribution < 1.29 is 17.9 Å². The second-order valence-electron chi connectivity index (χ2n) is 3.14. The van der Waals surface area contributed by atoms with Crippen LogP contribution in [-0.2, 0) is 19.3 Å². The molecule has 0 heterocycles. The van der Waals surface area contributed by atoms with Crippen LogP contribution in [0.15, 0.2) is 33.6 Å². The van der Waals surface area contributed by atoms with Gasteiger partial charge in [-0.15, -0.1) is 0 Å². The highest BCUT2D eigenvalue weighted by atomic mass is 79.9. The molecule has 0 aliphatic heterocycles. The van der Waals surface area contributed by atoms with E-state index in [2.05, 4.69) is 15.9 Å². The summed E-state index contributed by atoms with van der Waals surface area (Å²) in [5.74, 6) is -0.198. The highest BCUT2D eigenvalue weighted by Gasteiger charge is 2.20. The van der Waals surface area contributed by atoms with E-state index in [1.54, 1.807) is 24.3 Å². The molecular formula is C10H13BrO4S. The highest BCUT2D eigenvalue weighted by Crippen LogP contribution is 2.18. The van der Waals surface area contributed by atoms with E-state index < -0.39 is 16.1 Å². The summed E-state index contributed by atoms with van der Waals surface area (Å²) in [6.45, 7) is 0. The Kier molecular flexibility index (Phi) is 4.91. The summed E-state index contributed by atoms with van der Waals surface area (Å²) < 4.78 is 34.3. The molecule has 0 saturated heterocycles. The highest BCUT2D eigenvalue weighted by molar-refractivity contribution is 9.10. The molecule has 0 atom stereocenters. The molecule has 0 aliphatic carbocycles. The molecule has 0 radical (unpaired) electrons. The van der Waals surface area contributed by atoms with E-state index in [1.807, 2.05) is 0 Å². The fourth-order valence-corrected chi connectivity index (χ4v) is 3.13. The van der Waals surface area contributed by atoms with Crippen LogP contribution in [0, 0.1) is 0 Å². The summed E-state index contributed by atoms with van der Waals surface area (Å²) in [5.41, 5.74) is 0.